The summed E-state index contributed by atoms with van der Waals surface area (Å²) in [4.78, 5) is 13.1. The van der Waals surface area contributed by atoms with Crippen LogP contribution in [-0.4, -0.2) is 46.8 Å². The molecule has 8 heteroatoms. The van der Waals surface area contributed by atoms with Crippen LogP contribution in [0.25, 0.3) is 0 Å². The lowest BCUT2D eigenvalue weighted by molar-refractivity contribution is -0.886. The van der Waals surface area contributed by atoms with E-state index in [1.165, 1.54) is 0 Å². The third-order valence-electron chi connectivity index (χ3n) is 3.32. The quantitative estimate of drug-likeness (QED) is 0.700. The first kappa shape index (κ1) is 16.9. The van der Waals surface area contributed by atoms with Gasteiger partial charge in [0.2, 0.25) is 5.82 Å². The molecule has 2 N–H and O–H groups in total. The molecule has 0 aliphatic heterocycles. The van der Waals surface area contributed by atoms with Gasteiger partial charge >= 0.3 is 0 Å². The summed E-state index contributed by atoms with van der Waals surface area (Å²) in [5, 5.41) is 14.5. The van der Waals surface area contributed by atoms with E-state index in [0.717, 1.165) is 29.4 Å². The second kappa shape index (κ2) is 8.23. The summed E-state index contributed by atoms with van der Waals surface area (Å²) in [6.07, 6.45) is 0.966. The second-order valence-corrected chi connectivity index (χ2v) is 5.41. The van der Waals surface area contributed by atoms with E-state index in [1.807, 2.05) is 25.2 Å². The number of benzene rings is 1. The van der Waals surface area contributed by atoms with Crippen LogP contribution in [0.4, 0.5) is 5.69 Å². The summed E-state index contributed by atoms with van der Waals surface area (Å²) in [6.45, 7) is 3.78. The predicted octanol–water partition coefficient (Wildman–Crippen LogP) is -0.255. The highest BCUT2D eigenvalue weighted by Gasteiger charge is 2.15. The molecule has 0 bridgehead atoms. The Labute approximate surface area is 135 Å². The number of quaternary nitrogens is 1. The highest BCUT2D eigenvalue weighted by atomic mass is 16.5. The Balaban J connectivity index is 1.87. The van der Waals surface area contributed by atoms with E-state index >= 15 is 0 Å². The molecular formula is C15H23N6O2+. The van der Waals surface area contributed by atoms with Gasteiger partial charge in [-0.05, 0) is 29.0 Å². The van der Waals surface area contributed by atoms with Crippen molar-refractivity contribution < 1.29 is 14.4 Å². The van der Waals surface area contributed by atoms with Crippen molar-refractivity contribution in [2.75, 3.05) is 26.0 Å². The normalized spacial score (nSPS) is 12.0. The molecule has 23 heavy (non-hydrogen) atoms. The number of anilines is 1. The number of rotatable bonds is 8. The zero-order chi connectivity index (χ0) is 16.7. The van der Waals surface area contributed by atoms with Crippen LogP contribution < -0.4 is 15.0 Å². The van der Waals surface area contributed by atoms with Crippen LogP contribution in [0.15, 0.2) is 24.3 Å². The first-order valence-electron chi connectivity index (χ1n) is 7.62. The number of hydrogen-bond donors (Lipinski definition) is 2. The fourth-order valence-corrected chi connectivity index (χ4v) is 2.25. The lowest BCUT2D eigenvalue weighted by Gasteiger charge is -2.13. The van der Waals surface area contributed by atoms with E-state index in [1.54, 1.807) is 17.9 Å². The number of carbonyl (C=O) groups excluding carboxylic acids is 1. The maximum Gasteiger partial charge on any atom is 0.279 e. The van der Waals surface area contributed by atoms with Crippen molar-refractivity contribution >= 4 is 11.6 Å². The first-order chi connectivity index (χ1) is 11.1. The average Bonchev–Trinajstić information content (AvgIpc) is 2.94. The van der Waals surface area contributed by atoms with Gasteiger partial charge in [0.1, 0.15) is 12.3 Å². The summed E-state index contributed by atoms with van der Waals surface area (Å²) < 4.78 is 6.92. The minimum atomic E-state index is -0.0646. The van der Waals surface area contributed by atoms with Gasteiger partial charge in [-0.1, -0.05) is 13.0 Å². The fraction of sp³-hybridized carbons (Fsp3) is 0.467. The summed E-state index contributed by atoms with van der Waals surface area (Å²) in [5.41, 5.74) is 0.720. The molecule has 124 valence electrons. The van der Waals surface area contributed by atoms with Gasteiger partial charge in [0.15, 0.2) is 6.54 Å². The Morgan fingerprint density at radius 3 is 3.00 bits per heavy atom. The number of nitrogens with zero attached hydrogens (tertiary/aromatic N) is 4. The number of likely N-dealkylation sites (N-methyl/N-ethyl adjacent to an activating group) is 1. The van der Waals surface area contributed by atoms with E-state index in [4.69, 9.17) is 4.74 Å². The van der Waals surface area contributed by atoms with Gasteiger partial charge in [0.05, 0.1) is 14.2 Å². The number of hydrogen-bond acceptors (Lipinski definition) is 5. The molecule has 0 saturated carbocycles. The number of aromatic nitrogens is 4. The highest BCUT2D eigenvalue weighted by Crippen LogP contribution is 2.16. The van der Waals surface area contributed by atoms with Crippen molar-refractivity contribution in [3.63, 3.8) is 0 Å². The van der Waals surface area contributed by atoms with Crippen LogP contribution >= 0.6 is 0 Å². The van der Waals surface area contributed by atoms with Crippen LogP contribution in [0.1, 0.15) is 19.2 Å². The smallest absolute Gasteiger partial charge is 0.279 e. The zero-order valence-corrected chi connectivity index (χ0v) is 13.7. The number of ether oxygens (including phenoxy) is 1. The third-order valence-corrected chi connectivity index (χ3v) is 3.32. The van der Waals surface area contributed by atoms with E-state index < -0.39 is 0 Å². The van der Waals surface area contributed by atoms with Crippen LogP contribution in [0, 0.1) is 0 Å². The largest absolute Gasteiger partial charge is 0.497 e. The third kappa shape index (κ3) is 5.03. The Morgan fingerprint density at radius 1 is 1.43 bits per heavy atom. The van der Waals surface area contributed by atoms with Gasteiger partial charge in [-0.2, -0.15) is 0 Å². The van der Waals surface area contributed by atoms with Crippen molar-refractivity contribution in [1.82, 2.24) is 20.2 Å². The monoisotopic (exact) mass is 319 g/mol. The molecule has 8 nitrogen and oxygen atoms in total. The molecule has 0 radical (unpaired) electrons. The molecule has 0 saturated heterocycles. The van der Waals surface area contributed by atoms with Crippen LogP contribution in [-0.2, 0) is 17.9 Å². The summed E-state index contributed by atoms with van der Waals surface area (Å²) in [6, 6.07) is 7.29. The fourth-order valence-electron chi connectivity index (χ4n) is 2.25. The first-order valence-corrected chi connectivity index (χ1v) is 7.62. The lowest BCUT2D eigenvalue weighted by Crippen LogP contribution is -3.08. The minimum absolute atomic E-state index is 0.0646. The van der Waals surface area contributed by atoms with Gasteiger partial charge in [-0.25, -0.2) is 4.68 Å². The summed E-state index contributed by atoms with van der Waals surface area (Å²) in [5.74, 6) is 1.44. The molecule has 1 amide bonds. The maximum absolute atomic E-state index is 12.1. The van der Waals surface area contributed by atoms with Crippen molar-refractivity contribution in [2.45, 2.75) is 26.4 Å². The van der Waals surface area contributed by atoms with Gasteiger partial charge in [0, 0.05) is 18.3 Å². The standard InChI is InChI=1S/C15H22N6O2/c1-4-8-21-14(17-18-19-21)10-20(2)11-15(22)16-12-6-5-7-13(9-12)23-3/h5-7,9H,4,8,10-11H2,1-3H3,(H,16,22)/p+1. The van der Waals surface area contributed by atoms with Crippen LogP contribution in [0.3, 0.4) is 0 Å². The highest BCUT2D eigenvalue weighted by molar-refractivity contribution is 5.91. The SMILES string of the molecule is CCCn1nnnc1C[NH+](C)CC(=O)Nc1cccc(OC)c1. The molecule has 1 atom stereocenters. The van der Waals surface area contributed by atoms with E-state index in [0.29, 0.717) is 18.8 Å². The summed E-state index contributed by atoms with van der Waals surface area (Å²) >= 11 is 0. The zero-order valence-electron chi connectivity index (χ0n) is 13.7. The molecule has 1 aromatic carbocycles. The van der Waals surface area contributed by atoms with Gasteiger partial charge in [0.25, 0.3) is 5.91 Å². The number of tetrazole rings is 1. The molecule has 0 fully saturated rings. The van der Waals surface area contributed by atoms with E-state index in [9.17, 15) is 4.79 Å². The number of nitrogens with one attached hydrogen (secondary N) is 2. The van der Waals surface area contributed by atoms with Crippen molar-refractivity contribution in [2.24, 2.45) is 0 Å². The molecule has 0 aliphatic rings. The molecule has 2 rings (SSSR count). The number of amides is 1. The molecule has 1 aromatic heterocycles. The Hall–Kier alpha value is -2.48. The van der Waals surface area contributed by atoms with Gasteiger partial charge < -0.3 is 15.0 Å². The Morgan fingerprint density at radius 2 is 2.26 bits per heavy atom. The molecule has 0 spiro atoms. The molecule has 1 heterocycles. The minimum Gasteiger partial charge on any atom is -0.497 e. The average molecular weight is 319 g/mol. The van der Waals surface area contributed by atoms with E-state index in [2.05, 4.69) is 27.8 Å². The van der Waals surface area contributed by atoms with Crippen molar-refractivity contribution in [3.05, 3.63) is 30.1 Å². The maximum atomic E-state index is 12.1. The second-order valence-electron chi connectivity index (χ2n) is 5.41. The van der Waals surface area contributed by atoms with Crippen molar-refractivity contribution in [1.29, 1.82) is 0 Å². The molecular weight excluding hydrogens is 296 g/mol. The Bertz CT molecular complexity index is 642. The topological polar surface area (TPSA) is 86.4 Å². The Kier molecular flexibility index (Phi) is 6.04. The molecule has 2 aromatic rings. The lowest BCUT2D eigenvalue weighted by atomic mass is 10.3. The predicted molar refractivity (Wildman–Crippen MR) is 85.2 cm³/mol. The van der Waals surface area contributed by atoms with Crippen LogP contribution in [0.2, 0.25) is 0 Å². The van der Waals surface area contributed by atoms with E-state index in [-0.39, 0.29) is 5.91 Å². The van der Waals surface area contributed by atoms with Gasteiger partial charge in [-0.15, -0.1) is 5.10 Å². The number of aryl methyl sites for hydroxylation is 1. The van der Waals surface area contributed by atoms with Crippen LogP contribution in [0.5, 0.6) is 5.75 Å². The molecule has 1 unspecified atom stereocenters. The summed E-state index contributed by atoms with van der Waals surface area (Å²) in [7, 11) is 3.54. The van der Waals surface area contributed by atoms with Gasteiger partial charge in [-0.3, -0.25) is 4.79 Å². The van der Waals surface area contributed by atoms with Crippen molar-refractivity contribution in [3.8, 4) is 5.75 Å². The number of methoxy groups -OCH3 is 1. The molecule has 0 aliphatic carbocycles. The number of carbonyl (C=O) groups is 1.